The molecule has 1 aromatic heterocycles. The predicted octanol–water partition coefficient (Wildman–Crippen LogP) is -0.711. The van der Waals surface area contributed by atoms with Crippen LogP contribution in [0.15, 0.2) is 18.5 Å². The lowest BCUT2D eigenvalue weighted by Gasteiger charge is -2.37. The van der Waals surface area contributed by atoms with Crippen LogP contribution in [0.2, 0.25) is 0 Å². The molecule has 0 unspecified atom stereocenters. The average molecular weight is 332 g/mol. The monoisotopic (exact) mass is 332 g/mol. The molecule has 24 heavy (non-hydrogen) atoms. The molecule has 0 N–H and O–H groups in total. The third-order valence-electron chi connectivity index (χ3n) is 4.64. The Morgan fingerprint density at radius 3 is 2.08 bits per heavy atom. The van der Waals surface area contributed by atoms with Crippen molar-refractivity contribution in [3.8, 4) is 0 Å². The van der Waals surface area contributed by atoms with Crippen molar-refractivity contribution in [1.29, 1.82) is 0 Å². The summed E-state index contributed by atoms with van der Waals surface area (Å²) in [5.41, 5.74) is 0. The van der Waals surface area contributed by atoms with Crippen LogP contribution in [0.4, 0.5) is 5.95 Å². The number of nitrogens with zero attached hydrogens (tertiary/aromatic N) is 6. The van der Waals surface area contributed by atoms with Crippen LogP contribution < -0.4 is 4.90 Å². The normalized spacial score (nSPS) is 19.5. The molecule has 0 atom stereocenters. The number of aromatic nitrogens is 2. The minimum atomic E-state index is 0.111. The van der Waals surface area contributed by atoms with Crippen molar-refractivity contribution in [2.45, 2.75) is 6.92 Å². The van der Waals surface area contributed by atoms with Crippen LogP contribution in [0.5, 0.6) is 0 Å². The topological polar surface area (TPSA) is 72.9 Å². The van der Waals surface area contributed by atoms with Gasteiger partial charge in [0.15, 0.2) is 0 Å². The molecular weight excluding hydrogens is 308 g/mol. The van der Waals surface area contributed by atoms with Gasteiger partial charge in [-0.2, -0.15) is 0 Å². The summed E-state index contributed by atoms with van der Waals surface area (Å²) in [6.45, 7) is 7.90. The van der Waals surface area contributed by atoms with Gasteiger partial charge in [-0.3, -0.25) is 14.5 Å². The van der Waals surface area contributed by atoms with Gasteiger partial charge in [-0.15, -0.1) is 0 Å². The fourth-order valence-electron chi connectivity index (χ4n) is 3.12. The van der Waals surface area contributed by atoms with Gasteiger partial charge in [0.2, 0.25) is 17.8 Å². The van der Waals surface area contributed by atoms with E-state index in [1.807, 2.05) is 9.80 Å². The molecule has 3 heterocycles. The molecule has 130 valence electrons. The van der Waals surface area contributed by atoms with E-state index in [-0.39, 0.29) is 11.8 Å². The molecule has 0 saturated carbocycles. The van der Waals surface area contributed by atoms with Gasteiger partial charge < -0.3 is 14.7 Å². The first-order chi connectivity index (χ1) is 11.6. The van der Waals surface area contributed by atoms with Crippen LogP contribution in [-0.4, -0.2) is 95.4 Å². The fraction of sp³-hybridized carbons (Fsp3) is 0.625. The Kier molecular flexibility index (Phi) is 5.24. The Labute approximate surface area is 142 Å². The van der Waals surface area contributed by atoms with Crippen molar-refractivity contribution >= 4 is 17.8 Å². The smallest absolute Gasteiger partial charge is 0.236 e. The van der Waals surface area contributed by atoms with Gasteiger partial charge >= 0.3 is 0 Å². The third kappa shape index (κ3) is 4.00. The zero-order valence-electron chi connectivity index (χ0n) is 14.1. The molecule has 2 saturated heterocycles. The molecule has 3 rings (SSSR count). The number of amides is 2. The Morgan fingerprint density at radius 1 is 0.917 bits per heavy atom. The standard InChI is InChI=1S/C16H24N6O2/c1-14(23)20-7-5-19(6-8-20)13-15(24)21-9-11-22(12-10-21)16-17-3-2-4-18-16/h2-4H,5-13H2,1H3. The molecule has 0 radical (unpaired) electrons. The molecule has 2 fully saturated rings. The van der Waals surface area contributed by atoms with Crippen molar-refractivity contribution in [3.63, 3.8) is 0 Å². The lowest BCUT2D eigenvalue weighted by atomic mass is 10.2. The molecule has 0 aromatic carbocycles. The quantitative estimate of drug-likeness (QED) is 0.728. The number of rotatable bonds is 3. The Hall–Kier alpha value is -2.22. The summed E-state index contributed by atoms with van der Waals surface area (Å²) in [6, 6.07) is 1.80. The van der Waals surface area contributed by atoms with Crippen molar-refractivity contribution in [2.75, 3.05) is 63.8 Å². The highest BCUT2D eigenvalue weighted by Gasteiger charge is 2.25. The first kappa shape index (κ1) is 16.6. The van der Waals surface area contributed by atoms with Crippen molar-refractivity contribution in [3.05, 3.63) is 18.5 Å². The summed E-state index contributed by atoms with van der Waals surface area (Å²) in [4.78, 5) is 40.3. The molecule has 8 nitrogen and oxygen atoms in total. The molecule has 0 aliphatic carbocycles. The molecule has 2 aliphatic heterocycles. The van der Waals surface area contributed by atoms with Crippen LogP contribution in [0, 0.1) is 0 Å². The molecule has 1 aromatic rings. The van der Waals surface area contributed by atoms with E-state index in [9.17, 15) is 9.59 Å². The van der Waals surface area contributed by atoms with Gasteiger partial charge in [0.1, 0.15) is 0 Å². The Morgan fingerprint density at radius 2 is 1.50 bits per heavy atom. The van der Waals surface area contributed by atoms with Crippen molar-refractivity contribution in [2.24, 2.45) is 0 Å². The summed E-state index contributed by atoms with van der Waals surface area (Å²) in [7, 11) is 0. The van der Waals surface area contributed by atoms with E-state index in [0.29, 0.717) is 32.7 Å². The van der Waals surface area contributed by atoms with Crippen molar-refractivity contribution < 1.29 is 9.59 Å². The number of hydrogen-bond donors (Lipinski definition) is 0. The summed E-state index contributed by atoms with van der Waals surface area (Å²) < 4.78 is 0. The minimum absolute atomic E-state index is 0.111. The largest absolute Gasteiger partial charge is 0.340 e. The number of carbonyl (C=O) groups excluding carboxylic acids is 2. The van der Waals surface area contributed by atoms with E-state index in [4.69, 9.17) is 0 Å². The lowest BCUT2D eigenvalue weighted by molar-refractivity contribution is -0.134. The Bertz CT molecular complexity index is 565. The third-order valence-corrected chi connectivity index (χ3v) is 4.64. The number of hydrogen-bond acceptors (Lipinski definition) is 6. The Balaban J connectivity index is 1.43. The molecule has 0 bridgehead atoms. The zero-order chi connectivity index (χ0) is 16.9. The van der Waals surface area contributed by atoms with Crippen LogP contribution in [0.25, 0.3) is 0 Å². The summed E-state index contributed by atoms with van der Waals surface area (Å²) in [6.07, 6.45) is 3.47. The van der Waals surface area contributed by atoms with Crippen molar-refractivity contribution in [1.82, 2.24) is 24.7 Å². The molecular formula is C16H24N6O2. The van der Waals surface area contributed by atoms with E-state index in [2.05, 4.69) is 19.8 Å². The number of piperazine rings is 2. The van der Waals surface area contributed by atoms with Gasteiger partial charge in [0, 0.05) is 71.7 Å². The highest BCUT2D eigenvalue weighted by molar-refractivity contribution is 5.78. The maximum Gasteiger partial charge on any atom is 0.236 e. The molecule has 2 aliphatic rings. The van der Waals surface area contributed by atoms with E-state index < -0.39 is 0 Å². The SMILES string of the molecule is CC(=O)N1CCN(CC(=O)N2CCN(c3ncccn3)CC2)CC1. The van der Waals surface area contributed by atoms with Gasteiger partial charge in [-0.1, -0.05) is 0 Å². The second-order valence-electron chi connectivity index (χ2n) is 6.20. The second-order valence-corrected chi connectivity index (χ2v) is 6.20. The maximum absolute atomic E-state index is 12.5. The maximum atomic E-state index is 12.5. The second kappa shape index (κ2) is 7.57. The highest BCUT2D eigenvalue weighted by atomic mass is 16.2. The molecule has 0 spiro atoms. The summed E-state index contributed by atoms with van der Waals surface area (Å²) >= 11 is 0. The minimum Gasteiger partial charge on any atom is -0.340 e. The summed E-state index contributed by atoms with van der Waals surface area (Å²) in [5, 5.41) is 0. The lowest BCUT2D eigenvalue weighted by Crippen LogP contribution is -2.54. The first-order valence-electron chi connectivity index (χ1n) is 8.41. The van der Waals surface area contributed by atoms with Crippen LogP contribution in [0.1, 0.15) is 6.92 Å². The van der Waals surface area contributed by atoms with Crippen LogP contribution in [-0.2, 0) is 9.59 Å². The van der Waals surface area contributed by atoms with E-state index >= 15 is 0 Å². The average Bonchev–Trinajstić information content (AvgIpc) is 2.63. The molecule has 2 amide bonds. The van der Waals surface area contributed by atoms with E-state index in [1.54, 1.807) is 25.4 Å². The fourth-order valence-corrected chi connectivity index (χ4v) is 3.12. The predicted molar refractivity (Wildman–Crippen MR) is 89.5 cm³/mol. The van der Waals surface area contributed by atoms with E-state index in [0.717, 1.165) is 32.1 Å². The van der Waals surface area contributed by atoms with Gasteiger partial charge in [0.25, 0.3) is 0 Å². The highest BCUT2D eigenvalue weighted by Crippen LogP contribution is 2.10. The van der Waals surface area contributed by atoms with Gasteiger partial charge in [-0.25, -0.2) is 9.97 Å². The number of anilines is 1. The van der Waals surface area contributed by atoms with E-state index in [1.165, 1.54) is 0 Å². The number of carbonyl (C=O) groups is 2. The van der Waals surface area contributed by atoms with Crippen LogP contribution in [0.3, 0.4) is 0 Å². The first-order valence-corrected chi connectivity index (χ1v) is 8.41. The summed E-state index contributed by atoms with van der Waals surface area (Å²) in [5.74, 6) is 1.00. The molecule has 8 heteroatoms. The van der Waals surface area contributed by atoms with Gasteiger partial charge in [-0.05, 0) is 6.07 Å². The zero-order valence-corrected chi connectivity index (χ0v) is 14.1. The van der Waals surface area contributed by atoms with Crippen LogP contribution >= 0.6 is 0 Å². The van der Waals surface area contributed by atoms with Gasteiger partial charge in [0.05, 0.1) is 6.54 Å².